The Labute approximate surface area is 189 Å². The third-order valence-electron chi connectivity index (χ3n) is 6.16. The standard InChI is InChI=1S/C25H23BrN2O3/c1-30-25(29)18-7-8-20-21(13-18)28(22-14-19(26)15-27-23(20)22)24(16-5-3-2-4-6-16)17-9-11-31-12-10-17/h2-8,13-15,17,24H,9-12H2,1H3. The molecule has 2 aromatic carbocycles. The van der Waals surface area contributed by atoms with Gasteiger partial charge in [0.25, 0.3) is 0 Å². The van der Waals surface area contributed by atoms with E-state index < -0.39 is 0 Å². The lowest BCUT2D eigenvalue weighted by molar-refractivity contribution is 0.0553. The first-order valence-electron chi connectivity index (χ1n) is 10.5. The van der Waals surface area contributed by atoms with Crippen LogP contribution in [0.5, 0.6) is 0 Å². The zero-order valence-corrected chi connectivity index (χ0v) is 18.8. The lowest BCUT2D eigenvalue weighted by Crippen LogP contribution is -2.27. The Morgan fingerprint density at radius 2 is 1.90 bits per heavy atom. The summed E-state index contributed by atoms with van der Waals surface area (Å²) in [6.07, 6.45) is 3.80. The Balaban J connectivity index is 1.83. The summed E-state index contributed by atoms with van der Waals surface area (Å²) in [6, 6.07) is 18.6. The second-order valence-electron chi connectivity index (χ2n) is 7.92. The number of nitrogens with zero attached hydrogens (tertiary/aromatic N) is 2. The number of ether oxygens (including phenoxy) is 2. The van der Waals surface area contributed by atoms with Crippen molar-refractivity contribution in [3.63, 3.8) is 0 Å². The second-order valence-corrected chi connectivity index (χ2v) is 8.84. The summed E-state index contributed by atoms with van der Waals surface area (Å²) < 4.78 is 14.0. The molecule has 4 aromatic rings. The van der Waals surface area contributed by atoms with Gasteiger partial charge in [0.1, 0.15) is 0 Å². The number of carbonyl (C=O) groups is 1. The van der Waals surface area contributed by atoms with Gasteiger partial charge in [0.05, 0.1) is 35.3 Å². The van der Waals surface area contributed by atoms with Gasteiger partial charge in [-0.15, -0.1) is 0 Å². The van der Waals surface area contributed by atoms with Crippen LogP contribution in [-0.2, 0) is 9.47 Å². The van der Waals surface area contributed by atoms with E-state index in [0.717, 1.165) is 52.5 Å². The fourth-order valence-corrected chi connectivity index (χ4v) is 5.06. The molecular formula is C25H23BrN2O3. The zero-order valence-electron chi connectivity index (χ0n) is 17.3. The van der Waals surface area contributed by atoms with Crippen molar-refractivity contribution in [2.24, 2.45) is 5.92 Å². The normalized spacial score (nSPS) is 15.9. The summed E-state index contributed by atoms with van der Waals surface area (Å²) in [5.41, 5.74) is 4.76. The van der Waals surface area contributed by atoms with Crippen molar-refractivity contribution in [3.05, 3.63) is 76.4 Å². The number of carbonyl (C=O) groups excluding carboxylic acids is 1. The molecular weight excluding hydrogens is 456 g/mol. The quantitative estimate of drug-likeness (QED) is 0.350. The number of esters is 1. The number of methoxy groups -OCH3 is 1. The Kier molecular flexibility index (Phi) is 5.50. The summed E-state index contributed by atoms with van der Waals surface area (Å²) in [5.74, 6) is 0.0749. The largest absolute Gasteiger partial charge is 0.465 e. The predicted octanol–water partition coefficient (Wildman–Crippen LogP) is 5.75. The molecule has 3 heterocycles. The van der Waals surface area contributed by atoms with E-state index in [9.17, 15) is 4.79 Å². The van der Waals surface area contributed by atoms with E-state index in [-0.39, 0.29) is 12.0 Å². The van der Waals surface area contributed by atoms with Crippen molar-refractivity contribution in [2.45, 2.75) is 18.9 Å². The number of aromatic nitrogens is 2. The Morgan fingerprint density at radius 3 is 2.65 bits per heavy atom. The Bertz CT molecular complexity index is 1250. The van der Waals surface area contributed by atoms with Crippen LogP contribution in [-0.4, -0.2) is 35.8 Å². The van der Waals surface area contributed by atoms with Gasteiger partial charge in [-0.3, -0.25) is 4.98 Å². The van der Waals surface area contributed by atoms with Crippen LogP contribution in [0, 0.1) is 5.92 Å². The second kappa shape index (κ2) is 8.44. The minimum Gasteiger partial charge on any atom is -0.465 e. The number of hydrogen-bond acceptors (Lipinski definition) is 4. The molecule has 0 spiro atoms. The molecule has 0 saturated carbocycles. The van der Waals surface area contributed by atoms with Crippen molar-refractivity contribution in [3.8, 4) is 0 Å². The molecule has 1 atom stereocenters. The highest BCUT2D eigenvalue weighted by molar-refractivity contribution is 9.10. The van der Waals surface area contributed by atoms with Crippen LogP contribution < -0.4 is 0 Å². The summed E-state index contributed by atoms with van der Waals surface area (Å²) in [4.78, 5) is 17.0. The molecule has 1 saturated heterocycles. The number of pyridine rings is 1. The number of fused-ring (bicyclic) bond motifs is 3. The predicted molar refractivity (Wildman–Crippen MR) is 124 cm³/mol. The maximum Gasteiger partial charge on any atom is 0.337 e. The van der Waals surface area contributed by atoms with Gasteiger partial charge >= 0.3 is 5.97 Å². The third-order valence-corrected chi connectivity index (χ3v) is 6.59. The van der Waals surface area contributed by atoms with E-state index in [0.29, 0.717) is 11.5 Å². The molecule has 0 bridgehead atoms. The van der Waals surface area contributed by atoms with Gasteiger partial charge in [0.15, 0.2) is 0 Å². The highest BCUT2D eigenvalue weighted by Crippen LogP contribution is 2.40. The summed E-state index contributed by atoms with van der Waals surface area (Å²) in [6.45, 7) is 1.53. The highest BCUT2D eigenvalue weighted by Gasteiger charge is 2.30. The Hall–Kier alpha value is -2.70. The molecule has 0 amide bonds. The van der Waals surface area contributed by atoms with Crippen LogP contribution >= 0.6 is 15.9 Å². The molecule has 0 radical (unpaired) electrons. The first kappa shape index (κ1) is 20.2. The summed E-state index contributed by atoms with van der Waals surface area (Å²) in [7, 11) is 1.41. The molecule has 5 nitrogen and oxygen atoms in total. The molecule has 1 unspecified atom stereocenters. The average molecular weight is 479 g/mol. The van der Waals surface area contributed by atoms with Crippen molar-refractivity contribution >= 4 is 43.8 Å². The summed E-state index contributed by atoms with van der Waals surface area (Å²) >= 11 is 3.60. The molecule has 5 rings (SSSR count). The lowest BCUT2D eigenvalue weighted by Gasteiger charge is -2.33. The maximum absolute atomic E-state index is 12.3. The molecule has 158 valence electrons. The van der Waals surface area contributed by atoms with Crippen LogP contribution in [0.3, 0.4) is 0 Å². The smallest absolute Gasteiger partial charge is 0.337 e. The minimum atomic E-state index is -0.338. The van der Waals surface area contributed by atoms with Crippen LogP contribution in [0.25, 0.3) is 21.9 Å². The van der Waals surface area contributed by atoms with E-state index in [2.05, 4.69) is 50.8 Å². The van der Waals surface area contributed by atoms with Gasteiger partial charge < -0.3 is 14.0 Å². The van der Waals surface area contributed by atoms with E-state index in [1.807, 2.05) is 30.5 Å². The van der Waals surface area contributed by atoms with Gasteiger partial charge in [-0.25, -0.2) is 4.79 Å². The molecule has 0 aliphatic carbocycles. The van der Waals surface area contributed by atoms with Gasteiger partial charge in [-0.05, 0) is 64.5 Å². The fraction of sp³-hybridized carbons (Fsp3) is 0.280. The van der Waals surface area contributed by atoms with E-state index >= 15 is 0 Å². The zero-order chi connectivity index (χ0) is 21.4. The van der Waals surface area contributed by atoms with Gasteiger partial charge in [-0.2, -0.15) is 0 Å². The minimum absolute atomic E-state index is 0.106. The number of halogens is 1. The van der Waals surface area contributed by atoms with Gasteiger partial charge in [-0.1, -0.05) is 30.3 Å². The molecule has 1 aliphatic heterocycles. The number of benzene rings is 2. The average Bonchev–Trinajstić information content (AvgIpc) is 3.13. The third kappa shape index (κ3) is 3.64. The molecule has 6 heteroatoms. The lowest BCUT2D eigenvalue weighted by atomic mass is 9.86. The number of rotatable bonds is 4. The van der Waals surface area contributed by atoms with E-state index in [1.54, 1.807) is 0 Å². The number of hydrogen-bond donors (Lipinski definition) is 0. The van der Waals surface area contributed by atoms with Crippen molar-refractivity contribution in [1.29, 1.82) is 0 Å². The van der Waals surface area contributed by atoms with Gasteiger partial charge in [0, 0.05) is 29.3 Å². The highest BCUT2D eigenvalue weighted by atomic mass is 79.9. The van der Waals surface area contributed by atoms with Crippen molar-refractivity contribution in [2.75, 3.05) is 20.3 Å². The first-order valence-corrected chi connectivity index (χ1v) is 11.3. The van der Waals surface area contributed by atoms with Crippen LogP contribution in [0.2, 0.25) is 0 Å². The fourth-order valence-electron chi connectivity index (χ4n) is 4.74. The molecule has 0 N–H and O–H groups in total. The monoisotopic (exact) mass is 478 g/mol. The van der Waals surface area contributed by atoms with Crippen molar-refractivity contribution in [1.82, 2.24) is 9.55 Å². The molecule has 1 aliphatic rings. The van der Waals surface area contributed by atoms with Crippen LogP contribution in [0.1, 0.15) is 34.8 Å². The first-order chi connectivity index (χ1) is 15.2. The molecule has 31 heavy (non-hydrogen) atoms. The topological polar surface area (TPSA) is 53.3 Å². The summed E-state index contributed by atoms with van der Waals surface area (Å²) in [5, 5.41) is 1.03. The van der Waals surface area contributed by atoms with Crippen LogP contribution in [0.4, 0.5) is 0 Å². The molecule has 1 fully saturated rings. The van der Waals surface area contributed by atoms with Crippen molar-refractivity contribution < 1.29 is 14.3 Å². The molecule has 2 aromatic heterocycles. The van der Waals surface area contributed by atoms with Gasteiger partial charge in [0.2, 0.25) is 0 Å². The van der Waals surface area contributed by atoms with E-state index in [1.165, 1.54) is 12.7 Å². The SMILES string of the molecule is COC(=O)c1ccc2c3ncc(Br)cc3n(C(c3ccccc3)C3CCOCC3)c2c1. The maximum atomic E-state index is 12.3. The van der Waals surface area contributed by atoms with Crippen LogP contribution in [0.15, 0.2) is 65.3 Å². The Morgan fingerprint density at radius 1 is 1.13 bits per heavy atom. The van der Waals surface area contributed by atoms with E-state index in [4.69, 9.17) is 14.5 Å².